The van der Waals surface area contributed by atoms with Crippen LogP contribution in [-0.2, 0) is 16.8 Å². The fourth-order valence-electron chi connectivity index (χ4n) is 3.36. The number of rotatable bonds is 9. The Balaban J connectivity index is 1.63. The lowest BCUT2D eigenvalue weighted by atomic mass is 9.87. The highest BCUT2D eigenvalue weighted by molar-refractivity contribution is 7.99. The Kier molecular flexibility index (Phi) is 8.33. The number of nitrogens with one attached hydrogen (secondary N) is 1. The number of nitrogens with zero attached hydrogens (tertiary/aromatic N) is 4. The van der Waals surface area contributed by atoms with Crippen LogP contribution in [-0.4, -0.2) is 46.9 Å². The highest BCUT2D eigenvalue weighted by atomic mass is 32.2. The van der Waals surface area contributed by atoms with Crippen molar-refractivity contribution in [3.8, 4) is 22.9 Å². The molecule has 34 heavy (non-hydrogen) atoms. The maximum absolute atomic E-state index is 12.3. The van der Waals surface area contributed by atoms with E-state index in [9.17, 15) is 4.79 Å². The maximum atomic E-state index is 12.3. The number of methoxy groups -OCH3 is 2. The third-order valence-electron chi connectivity index (χ3n) is 5.20. The lowest BCUT2D eigenvalue weighted by Gasteiger charge is -2.19. The average Bonchev–Trinajstić information content (AvgIpc) is 3.25. The number of thioether (sulfide) groups is 1. The van der Waals surface area contributed by atoms with Gasteiger partial charge in [-0.3, -0.25) is 4.79 Å². The standard InChI is InChI=1S/C25H31N5O3S/c1-7-30-23(17-11-13-19(14-12-17)25(2,3)4)28-29-24(30)34-16-21(31)27-26-15-18-9-8-10-20(32-5)22(18)33-6/h8-15H,7,16H2,1-6H3,(H,27,31)/b26-15+. The monoisotopic (exact) mass is 481 g/mol. The lowest BCUT2D eigenvalue weighted by molar-refractivity contribution is -0.118. The van der Waals surface area contributed by atoms with Crippen molar-refractivity contribution in [3.63, 3.8) is 0 Å². The molecule has 0 bridgehead atoms. The van der Waals surface area contributed by atoms with Crippen LogP contribution in [0.2, 0.25) is 0 Å². The van der Waals surface area contributed by atoms with Gasteiger partial charge >= 0.3 is 0 Å². The average molecular weight is 482 g/mol. The fourth-order valence-corrected chi connectivity index (χ4v) is 4.16. The summed E-state index contributed by atoms with van der Waals surface area (Å²) in [6.07, 6.45) is 1.53. The van der Waals surface area contributed by atoms with Crippen LogP contribution in [0.3, 0.4) is 0 Å². The van der Waals surface area contributed by atoms with Crippen LogP contribution in [0.15, 0.2) is 52.7 Å². The number of para-hydroxylation sites is 1. The molecule has 1 aromatic heterocycles. The molecule has 9 heteroatoms. The highest BCUT2D eigenvalue weighted by Crippen LogP contribution is 2.30. The Morgan fingerprint density at radius 2 is 1.85 bits per heavy atom. The van der Waals surface area contributed by atoms with Crippen molar-refractivity contribution in [2.45, 2.75) is 44.8 Å². The van der Waals surface area contributed by atoms with Crippen LogP contribution in [0, 0.1) is 0 Å². The second kappa shape index (κ2) is 11.2. The zero-order valence-electron chi connectivity index (χ0n) is 20.5. The van der Waals surface area contributed by atoms with Crippen molar-refractivity contribution in [2.75, 3.05) is 20.0 Å². The quantitative estimate of drug-likeness (QED) is 0.274. The number of hydrazone groups is 1. The van der Waals surface area contributed by atoms with E-state index in [1.54, 1.807) is 20.3 Å². The van der Waals surface area contributed by atoms with E-state index in [-0.39, 0.29) is 17.1 Å². The topological polar surface area (TPSA) is 90.6 Å². The molecule has 0 atom stereocenters. The summed E-state index contributed by atoms with van der Waals surface area (Å²) in [4.78, 5) is 12.3. The maximum Gasteiger partial charge on any atom is 0.250 e. The van der Waals surface area contributed by atoms with Gasteiger partial charge in [0, 0.05) is 17.7 Å². The smallest absolute Gasteiger partial charge is 0.250 e. The van der Waals surface area contributed by atoms with Crippen LogP contribution < -0.4 is 14.9 Å². The van der Waals surface area contributed by atoms with E-state index in [2.05, 4.69) is 65.8 Å². The summed E-state index contributed by atoms with van der Waals surface area (Å²) in [5.74, 6) is 1.85. The van der Waals surface area contributed by atoms with Crippen molar-refractivity contribution in [1.82, 2.24) is 20.2 Å². The summed E-state index contributed by atoms with van der Waals surface area (Å²) in [6.45, 7) is 9.29. The summed E-state index contributed by atoms with van der Waals surface area (Å²) in [5, 5.41) is 13.4. The molecule has 0 saturated carbocycles. The second-order valence-corrected chi connectivity index (χ2v) is 9.48. The van der Waals surface area contributed by atoms with E-state index in [1.807, 2.05) is 23.6 Å². The first-order valence-electron chi connectivity index (χ1n) is 11.0. The number of carbonyl (C=O) groups excluding carboxylic acids is 1. The molecular formula is C25H31N5O3S. The molecule has 0 saturated heterocycles. The third-order valence-corrected chi connectivity index (χ3v) is 6.17. The van der Waals surface area contributed by atoms with E-state index in [0.29, 0.717) is 28.8 Å². The number of amides is 1. The van der Waals surface area contributed by atoms with Gasteiger partial charge in [-0.05, 0) is 30.0 Å². The molecule has 0 radical (unpaired) electrons. The summed E-state index contributed by atoms with van der Waals surface area (Å²) in [5.41, 5.74) is 5.59. The van der Waals surface area contributed by atoms with Gasteiger partial charge < -0.3 is 14.0 Å². The second-order valence-electron chi connectivity index (χ2n) is 8.54. The minimum absolute atomic E-state index is 0.0888. The minimum Gasteiger partial charge on any atom is -0.493 e. The van der Waals surface area contributed by atoms with Crippen molar-refractivity contribution in [1.29, 1.82) is 0 Å². The predicted octanol–water partition coefficient (Wildman–Crippen LogP) is 4.52. The molecule has 180 valence electrons. The number of aromatic nitrogens is 3. The molecular weight excluding hydrogens is 450 g/mol. The van der Waals surface area contributed by atoms with Gasteiger partial charge in [-0.1, -0.05) is 62.9 Å². The first-order chi connectivity index (χ1) is 16.3. The van der Waals surface area contributed by atoms with Gasteiger partial charge in [-0.2, -0.15) is 5.10 Å². The molecule has 3 rings (SSSR count). The largest absolute Gasteiger partial charge is 0.493 e. The van der Waals surface area contributed by atoms with Gasteiger partial charge in [0.05, 0.1) is 26.2 Å². The van der Waals surface area contributed by atoms with E-state index >= 15 is 0 Å². The SMILES string of the molecule is CCn1c(SCC(=O)N/N=C/c2cccc(OC)c2OC)nnc1-c1ccc(C(C)(C)C)cc1. The molecule has 8 nitrogen and oxygen atoms in total. The summed E-state index contributed by atoms with van der Waals surface area (Å²) >= 11 is 1.32. The number of hydrogen-bond donors (Lipinski definition) is 1. The highest BCUT2D eigenvalue weighted by Gasteiger charge is 2.17. The molecule has 3 aromatic rings. The van der Waals surface area contributed by atoms with Crippen molar-refractivity contribution < 1.29 is 14.3 Å². The first-order valence-corrected chi connectivity index (χ1v) is 12.0. The van der Waals surface area contributed by atoms with Crippen LogP contribution >= 0.6 is 11.8 Å². The van der Waals surface area contributed by atoms with Crippen molar-refractivity contribution in [2.24, 2.45) is 5.10 Å². The van der Waals surface area contributed by atoms with Crippen LogP contribution in [0.1, 0.15) is 38.8 Å². The zero-order valence-corrected chi connectivity index (χ0v) is 21.3. The molecule has 2 aromatic carbocycles. The Morgan fingerprint density at radius 1 is 1.12 bits per heavy atom. The van der Waals surface area contributed by atoms with E-state index in [1.165, 1.54) is 23.5 Å². The molecule has 0 aliphatic carbocycles. The van der Waals surface area contributed by atoms with Crippen LogP contribution in [0.5, 0.6) is 11.5 Å². The van der Waals surface area contributed by atoms with E-state index in [4.69, 9.17) is 9.47 Å². The normalized spacial score (nSPS) is 11.6. The van der Waals surface area contributed by atoms with E-state index in [0.717, 1.165) is 11.4 Å². The Morgan fingerprint density at radius 3 is 2.47 bits per heavy atom. The summed E-state index contributed by atoms with van der Waals surface area (Å²) in [7, 11) is 3.13. The number of ether oxygens (including phenoxy) is 2. The van der Waals surface area contributed by atoms with Crippen molar-refractivity contribution >= 4 is 23.9 Å². The molecule has 0 unspecified atom stereocenters. The molecule has 0 spiro atoms. The van der Waals surface area contributed by atoms with Gasteiger partial charge in [0.15, 0.2) is 22.5 Å². The molecule has 0 fully saturated rings. The molecule has 0 aliphatic heterocycles. The number of benzene rings is 2. The Labute approximate surface area is 204 Å². The van der Waals surface area contributed by atoms with Crippen molar-refractivity contribution in [3.05, 3.63) is 53.6 Å². The summed E-state index contributed by atoms with van der Waals surface area (Å²) < 4.78 is 12.7. The molecule has 1 amide bonds. The molecule has 0 aliphatic rings. The van der Waals surface area contributed by atoms with Gasteiger partial charge in [0.2, 0.25) is 0 Å². The number of hydrogen-bond acceptors (Lipinski definition) is 7. The number of carbonyl (C=O) groups is 1. The molecule has 1 heterocycles. The van der Waals surface area contributed by atoms with E-state index < -0.39 is 0 Å². The Hall–Kier alpha value is -3.33. The van der Waals surface area contributed by atoms with Gasteiger partial charge in [0.25, 0.3) is 5.91 Å². The van der Waals surface area contributed by atoms with Gasteiger partial charge in [-0.15, -0.1) is 10.2 Å². The fraction of sp³-hybridized carbons (Fsp3) is 0.360. The first kappa shape index (κ1) is 25.3. The van der Waals surface area contributed by atoms with Crippen LogP contribution in [0.4, 0.5) is 0 Å². The zero-order chi connectivity index (χ0) is 24.7. The predicted molar refractivity (Wildman–Crippen MR) is 136 cm³/mol. The summed E-state index contributed by atoms with van der Waals surface area (Å²) in [6, 6.07) is 13.8. The lowest BCUT2D eigenvalue weighted by Crippen LogP contribution is -2.20. The Bertz CT molecular complexity index is 1150. The van der Waals surface area contributed by atoms with Crippen LogP contribution in [0.25, 0.3) is 11.4 Å². The van der Waals surface area contributed by atoms with Gasteiger partial charge in [-0.25, -0.2) is 5.43 Å². The third kappa shape index (κ3) is 5.96. The van der Waals surface area contributed by atoms with Gasteiger partial charge in [0.1, 0.15) is 0 Å². The minimum atomic E-state index is -0.246. The molecule has 1 N–H and O–H groups in total.